The van der Waals surface area contributed by atoms with Gasteiger partial charge in [-0.2, -0.15) is 5.10 Å². The van der Waals surface area contributed by atoms with Gasteiger partial charge in [-0.15, -0.1) is 0 Å². The van der Waals surface area contributed by atoms with Crippen LogP contribution in [0.25, 0.3) is 0 Å². The number of aryl methyl sites for hydroxylation is 2. The van der Waals surface area contributed by atoms with Crippen LogP contribution >= 0.6 is 0 Å². The van der Waals surface area contributed by atoms with E-state index in [0.717, 1.165) is 51.3 Å². The fourth-order valence-corrected chi connectivity index (χ4v) is 3.01. The van der Waals surface area contributed by atoms with Crippen LogP contribution in [0.15, 0.2) is 17.4 Å². The van der Waals surface area contributed by atoms with Crippen molar-refractivity contribution >= 4 is 11.9 Å². The molecule has 134 valence electrons. The molecule has 0 aliphatic carbocycles. The summed E-state index contributed by atoms with van der Waals surface area (Å²) in [6, 6.07) is 0. The van der Waals surface area contributed by atoms with Crippen molar-refractivity contribution in [2.24, 2.45) is 18.0 Å². The monoisotopic (exact) mass is 335 g/mol. The molecule has 1 aliphatic heterocycles. The van der Waals surface area contributed by atoms with Gasteiger partial charge in [0.15, 0.2) is 5.96 Å². The van der Waals surface area contributed by atoms with Crippen LogP contribution in [-0.4, -0.2) is 59.9 Å². The molecule has 2 heterocycles. The van der Waals surface area contributed by atoms with Gasteiger partial charge >= 0.3 is 5.97 Å². The van der Waals surface area contributed by atoms with E-state index in [0.29, 0.717) is 6.61 Å². The number of hydrogen-bond acceptors (Lipinski definition) is 4. The van der Waals surface area contributed by atoms with Crippen molar-refractivity contribution in [3.05, 3.63) is 18.0 Å². The Bertz CT molecular complexity index is 547. The standard InChI is InChI=1S/C17H29N5O2/c1-4-24-16(23)15-7-10-22(11-8-15)17(18-2)19-9-5-6-14-12-20-21(3)13-14/h12-13,15H,4-11H2,1-3H3,(H,18,19). The first-order chi connectivity index (χ1) is 11.6. The maximum atomic E-state index is 11.8. The smallest absolute Gasteiger partial charge is 0.309 e. The molecule has 24 heavy (non-hydrogen) atoms. The van der Waals surface area contributed by atoms with Gasteiger partial charge < -0.3 is 15.0 Å². The van der Waals surface area contributed by atoms with Crippen molar-refractivity contribution in [1.82, 2.24) is 20.0 Å². The summed E-state index contributed by atoms with van der Waals surface area (Å²) < 4.78 is 6.95. The van der Waals surface area contributed by atoms with E-state index < -0.39 is 0 Å². The molecule has 0 spiro atoms. The minimum atomic E-state index is -0.0587. The topological polar surface area (TPSA) is 71.8 Å². The number of aliphatic imine (C=N–C) groups is 1. The highest BCUT2D eigenvalue weighted by Gasteiger charge is 2.27. The fourth-order valence-electron chi connectivity index (χ4n) is 3.01. The zero-order chi connectivity index (χ0) is 17.4. The molecule has 2 rings (SSSR count). The summed E-state index contributed by atoms with van der Waals surface area (Å²) in [4.78, 5) is 18.4. The minimum Gasteiger partial charge on any atom is -0.466 e. The van der Waals surface area contributed by atoms with Crippen molar-refractivity contribution in [3.63, 3.8) is 0 Å². The zero-order valence-corrected chi connectivity index (χ0v) is 15.0. The van der Waals surface area contributed by atoms with Gasteiger partial charge in [-0.25, -0.2) is 0 Å². The van der Waals surface area contributed by atoms with Gasteiger partial charge in [0.1, 0.15) is 0 Å². The molecule has 0 atom stereocenters. The number of aromatic nitrogens is 2. The van der Waals surface area contributed by atoms with Crippen LogP contribution in [0.3, 0.4) is 0 Å². The Morgan fingerprint density at radius 3 is 2.79 bits per heavy atom. The Hall–Kier alpha value is -2.05. The largest absolute Gasteiger partial charge is 0.466 e. The van der Waals surface area contributed by atoms with Gasteiger partial charge in [0, 0.05) is 39.9 Å². The van der Waals surface area contributed by atoms with Crippen LogP contribution in [0.2, 0.25) is 0 Å². The highest BCUT2D eigenvalue weighted by atomic mass is 16.5. The number of nitrogens with zero attached hydrogens (tertiary/aromatic N) is 4. The summed E-state index contributed by atoms with van der Waals surface area (Å²) in [5.41, 5.74) is 1.25. The van der Waals surface area contributed by atoms with Crippen LogP contribution in [-0.2, 0) is 23.0 Å². The number of carbonyl (C=O) groups excluding carboxylic acids is 1. The molecular weight excluding hydrogens is 306 g/mol. The molecule has 1 aromatic rings. The van der Waals surface area contributed by atoms with E-state index in [9.17, 15) is 4.79 Å². The van der Waals surface area contributed by atoms with E-state index in [2.05, 4.69) is 26.5 Å². The number of carbonyl (C=O) groups is 1. The van der Waals surface area contributed by atoms with Gasteiger partial charge in [-0.3, -0.25) is 14.5 Å². The SMILES string of the molecule is CCOC(=O)C1CCN(C(=NC)NCCCc2cnn(C)c2)CC1. The van der Waals surface area contributed by atoms with Gasteiger partial charge in [-0.05, 0) is 38.2 Å². The molecule has 1 aromatic heterocycles. The molecule has 0 unspecified atom stereocenters. The number of rotatable bonds is 6. The first-order valence-corrected chi connectivity index (χ1v) is 8.73. The quantitative estimate of drug-likeness (QED) is 0.366. The van der Waals surface area contributed by atoms with E-state index >= 15 is 0 Å². The minimum absolute atomic E-state index is 0.0323. The molecule has 1 saturated heterocycles. The zero-order valence-electron chi connectivity index (χ0n) is 15.0. The van der Waals surface area contributed by atoms with Crippen LogP contribution in [0.4, 0.5) is 0 Å². The highest BCUT2D eigenvalue weighted by Crippen LogP contribution is 2.18. The van der Waals surface area contributed by atoms with Crippen LogP contribution in [0, 0.1) is 5.92 Å². The lowest BCUT2D eigenvalue weighted by atomic mass is 9.97. The molecule has 7 heteroatoms. The Morgan fingerprint density at radius 2 is 2.21 bits per heavy atom. The van der Waals surface area contributed by atoms with Crippen LogP contribution < -0.4 is 5.32 Å². The number of guanidine groups is 1. The number of nitrogens with one attached hydrogen (secondary N) is 1. The summed E-state index contributed by atoms with van der Waals surface area (Å²) in [6.07, 6.45) is 7.65. The fraction of sp³-hybridized carbons (Fsp3) is 0.706. The molecule has 1 N–H and O–H groups in total. The van der Waals surface area contributed by atoms with Gasteiger partial charge in [0.2, 0.25) is 0 Å². The second-order valence-electron chi connectivity index (χ2n) is 6.11. The second-order valence-corrected chi connectivity index (χ2v) is 6.11. The predicted octanol–water partition coefficient (Wildman–Crippen LogP) is 1.20. The molecule has 1 aliphatic rings. The van der Waals surface area contributed by atoms with Crippen molar-refractivity contribution in [2.75, 3.05) is 33.3 Å². The third-order valence-electron chi connectivity index (χ3n) is 4.31. The Labute approximate surface area is 144 Å². The second kappa shape index (κ2) is 9.30. The van der Waals surface area contributed by atoms with E-state index in [1.165, 1.54) is 5.56 Å². The summed E-state index contributed by atoms with van der Waals surface area (Å²) in [5.74, 6) is 0.893. The van der Waals surface area contributed by atoms with Gasteiger partial charge in [-0.1, -0.05) is 0 Å². The lowest BCUT2D eigenvalue weighted by Gasteiger charge is -2.33. The normalized spacial score (nSPS) is 16.3. The molecule has 7 nitrogen and oxygen atoms in total. The Morgan fingerprint density at radius 1 is 1.46 bits per heavy atom. The molecule has 0 amide bonds. The van der Waals surface area contributed by atoms with E-state index in [1.54, 1.807) is 7.05 Å². The van der Waals surface area contributed by atoms with E-state index in [4.69, 9.17) is 4.74 Å². The van der Waals surface area contributed by atoms with Gasteiger partial charge in [0.25, 0.3) is 0 Å². The summed E-state index contributed by atoms with van der Waals surface area (Å²) >= 11 is 0. The number of hydrogen-bond donors (Lipinski definition) is 1. The Balaban J connectivity index is 1.69. The van der Waals surface area contributed by atoms with Crippen molar-refractivity contribution in [1.29, 1.82) is 0 Å². The van der Waals surface area contributed by atoms with Crippen LogP contribution in [0.5, 0.6) is 0 Å². The molecule has 0 bridgehead atoms. The van der Waals surface area contributed by atoms with Gasteiger partial charge in [0.05, 0.1) is 18.7 Å². The van der Waals surface area contributed by atoms with Crippen molar-refractivity contribution in [2.45, 2.75) is 32.6 Å². The number of likely N-dealkylation sites (tertiary alicyclic amines) is 1. The van der Waals surface area contributed by atoms with Crippen molar-refractivity contribution in [3.8, 4) is 0 Å². The summed E-state index contributed by atoms with van der Waals surface area (Å²) in [6.45, 7) is 4.86. The Kier molecular flexibility index (Phi) is 7.08. The molecule has 0 radical (unpaired) electrons. The van der Waals surface area contributed by atoms with Crippen molar-refractivity contribution < 1.29 is 9.53 Å². The molecule has 0 aromatic carbocycles. The number of ether oxygens (including phenoxy) is 1. The lowest BCUT2D eigenvalue weighted by molar-refractivity contribution is -0.149. The summed E-state index contributed by atoms with van der Waals surface area (Å²) in [5, 5.41) is 7.60. The first-order valence-electron chi connectivity index (χ1n) is 8.73. The predicted molar refractivity (Wildman–Crippen MR) is 93.8 cm³/mol. The van der Waals surface area contributed by atoms with Crippen LogP contribution in [0.1, 0.15) is 31.7 Å². The molecule has 0 saturated carbocycles. The highest BCUT2D eigenvalue weighted by molar-refractivity contribution is 5.80. The maximum Gasteiger partial charge on any atom is 0.309 e. The maximum absolute atomic E-state index is 11.8. The van der Waals surface area contributed by atoms with E-state index in [1.807, 2.05) is 24.9 Å². The lowest BCUT2D eigenvalue weighted by Crippen LogP contribution is -2.47. The number of piperidine rings is 1. The third kappa shape index (κ3) is 5.25. The average molecular weight is 335 g/mol. The molecule has 1 fully saturated rings. The molecular formula is C17H29N5O2. The third-order valence-corrected chi connectivity index (χ3v) is 4.31. The first kappa shape index (κ1) is 18.3. The average Bonchev–Trinajstić information content (AvgIpc) is 3.01. The summed E-state index contributed by atoms with van der Waals surface area (Å²) in [7, 11) is 3.74. The number of esters is 1. The van der Waals surface area contributed by atoms with E-state index in [-0.39, 0.29) is 11.9 Å².